The van der Waals surface area contributed by atoms with Gasteiger partial charge < -0.3 is 15.0 Å². The summed E-state index contributed by atoms with van der Waals surface area (Å²) in [6, 6.07) is 13.7. The third-order valence-electron chi connectivity index (χ3n) is 6.98. The molecule has 1 unspecified atom stereocenters. The Balaban J connectivity index is 1.69. The number of fused-ring (bicyclic) bond motifs is 6. The smallest absolute Gasteiger partial charge is 0.264 e. The first-order valence-corrected chi connectivity index (χ1v) is 14.4. The summed E-state index contributed by atoms with van der Waals surface area (Å²) in [7, 11) is -4.07. The molecule has 2 N–H and O–H groups in total. The molecule has 1 aromatic heterocycles. The summed E-state index contributed by atoms with van der Waals surface area (Å²) in [4.78, 5) is 24.3. The van der Waals surface area contributed by atoms with Gasteiger partial charge in [0.05, 0.1) is 17.1 Å². The quantitative estimate of drug-likeness (QED) is 0.525. The van der Waals surface area contributed by atoms with E-state index in [1.165, 1.54) is 12.1 Å². The van der Waals surface area contributed by atoms with Gasteiger partial charge in [0.25, 0.3) is 15.9 Å². The van der Waals surface area contributed by atoms with E-state index in [0.29, 0.717) is 36.8 Å². The van der Waals surface area contributed by atoms with Gasteiger partial charge >= 0.3 is 0 Å². The highest BCUT2D eigenvalue weighted by Gasteiger charge is 2.33. The summed E-state index contributed by atoms with van der Waals surface area (Å²) in [6.45, 7) is 9.69. The summed E-state index contributed by atoms with van der Waals surface area (Å²) < 4.78 is 35.7. The van der Waals surface area contributed by atoms with Crippen LogP contribution in [0.15, 0.2) is 53.4 Å². The van der Waals surface area contributed by atoms with Crippen LogP contribution in [0.25, 0.3) is 11.3 Å². The Kier molecular flexibility index (Phi) is 7.11. The van der Waals surface area contributed by atoms with Crippen LogP contribution in [0.4, 0.5) is 5.95 Å². The fraction of sp³-hybridized carbons (Fsp3) is 0.393. The van der Waals surface area contributed by atoms with Crippen LogP contribution in [0, 0.1) is 19.8 Å². The SMILES string of the molecule is Cc1cccc(C)c1-c1cc2nc(n1)NS(=O)(=O)c1cccc(c1)C(=O)N1CCNC(CC(C)C)[C@H](C1)O2. The molecule has 0 aliphatic carbocycles. The van der Waals surface area contributed by atoms with Crippen LogP contribution in [-0.2, 0) is 10.0 Å². The number of benzene rings is 2. The van der Waals surface area contributed by atoms with Gasteiger partial charge in [0, 0.05) is 36.3 Å². The lowest BCUT2D eigenvalue weighted by molar-refractivity contribution is 0.0653. The average molecular weight is 536 g/mol. The molecule has 2 aliphatic rings. The maximum atomic E-state index is 13.5. The van der Waals surface area contributed by atoms with E-state index >= 15 is 0 Å². The molecule has 0 spiro atoms. The Morgan fingerprint density at radius 1 is 1.08 bits per heavy atom. The van der Waals surface area contributed by atoms with Gasteiger partial charge in [-0.25, -0.2) is 18.1 Å². The molecule has 0 radical (unpaired) electrons. The van der Waals surface area contributed by atoms with Crippen LogP contribution in [0.1, 0.15) is 41.8 Å². The molecule has 3 aromatic rings. The van der Waals surface area contributed by atoms with Crippen molar-refractivity contribution in [1.29, 1.82) is 0 Å². The van der Waals surface area contributed by atoms with E-state index in [2.05, 4.69) is 33.9 Å². The molecule has 200 valence electrons. The van der Waals surface area contributed by atoms with Crippen LogP contribution in [0.3, 0.4) is 0 Å². The van der Waals surface area contributed by atoms with Crippen LogP contribution >= 0.6 is 0 Å². The average Bonchev–Trinajstić information content (AvgIpc) is 3.04. The first-order valence-electron chi connectivity index (χ1n) is 12.9. The first kappa shape index (κ1) is 26.1. The van der Waals surface area contributed by atoms with E-state index < -0.39 is 16.1 Å². The van der Waals surface area contributed by atoms with Crippen molar-refractivity contribution in [3.8, 4) is 17.1 Å². The zero-order valence-corrected chi connectivity index (χ0v) is 22.9. The highest BCUT2D eigenvalue weighted by Crippen LogP contribution is 2.31. The summed E-state index contributed by atoms with van der Waals surface area (Å²) in [5, 5.41) is 3.56. The third kappa shape index (κ3) is 5.37. The van der Waals surface area contributed by atoms with Crippen LogP contribution in [0.2, 0.25) is 0 Å². The molecule has 6 bridgehead atoms. The Bertz CT molecular complexity index is 1450. The zero-order valence-electron chi connectivity index (χ0n) is 22.1. The molecule has 2 aliphatic heterocycles. The standard InChI is InChI=1S/C28H33N5O4S/c1-17(2)13-22-24-16-33(12-11-29-22)27(34)20-9-6-10-21(14-20)38(35,36)32-28-30-23(15-25(31-28)37-24)26-18(3)7-5-8-19(26)4/h5-10,14-15,17,22,24,29H,11-13,16H2,1-4H3,(H,30,31,32)/t22?,24-/m0/s1. The molecule has 38 heavy (non-hydrogen) atoms. The van der Waals surface area contributed by atoms with Gasteiger partial charge in [0.15, 0.2) is 0 Å². The van der Waals surface area contributed by atoms with Gasteiger partial charge in [-0.05, 0) is 55.5 Å². The number of rotatable bonds is 3. The topological polar surface area (TPSA) is 114 Å². The second-order valence-electron chi connectivity index (χ2n) is 10.4. The molecule has 1 amide bonds. The maximum absolute atomic E-state index is 13.5. The second kappa shape index (κ2) is 10.3. The Labute approximate surface area is 223 Å². The summed E-state index contributed by atoms with van der Waals surface area (Å²) in [5.74, 6) is 0.319. The molecule has 1 fully saturated rings. The van der Waals surface area contributed by atoms with Crippen molar-refractivity contribution in [2.45, 2.75) is 51.2 Å². The summed E-state index contributed by atoms with van der Waals surface area (Å²) in [6.07, 6.45) is 0.439. The predicted octanol–water partition coefficient (Wildman–Crippen LogP) is 3.78. The van der Waals surface area contributed by atoms with Crippen molar-refractivity contribution >= 4 is 21.9 Å². The minimum absolute atomic E-state index is 0.0250. The van der Waals surface area contributed by atoms with Gasteiger partial charge in [-0.3, -0.25) is 4.79 Å². The molecule has 2 aromatic carbocycles. The number of aryl methyl sites for hydroxylation is 2. The number of nitrogens with one attached hydrogen (secondary N) is 2. The monoisotopic (exact) mass is 535 g/mol. The van der Waals surface area contributed by atoms with Crippen molar-refractivity contribution in [2.24, 2.45) is 5.92 Å². The fourth-order valence-corrected chi connectivity index (χ4v) is 6.18. The number of carbonyl (C=O) groups excluding carboxylic acids is 1. The zero-order chi connectivity index (χ0) is 27.0. The van der Waals surface area contributed by atoms with Gasteiger partial charge in [0.2, 0.25) is 11.8 Å². The van der Waals surface area contributed by atoms with E-state index in [0.717, 1.165) is 23.1 Å². The normalized spacial score (nSPS) is 20.9. The number of ether oxygens (including phenoxy) is 1. The Morgan fingerprint density at radius 2 is 1.82 bits per heavy atom. The highest BCUT2D eigenvalue weighted by atomic mass is 32.2. The van der Waals surface area contributed by atoms with Crippen LogP contribution < -0.4 is 14.8 Å². The Morgan fingerprint density at radius 3 is 2.55 bits per heavy atom. The first-order chi connectivity index (χ1) is 18.1. The number of carbonyl (C=O) groups is 1. The van der Waals surface area contributed by atoms with E-state index in [-0.39, 0.29) is 28.7 Å². The number of hydrogen-bond donors (Lipinski definition) is 2. The van der Waals surface area contributed by atoms with Crippen molar-refractivity contribution < 1.29 is 17.9 Å². The van der Waals surface area contributed by atoms with Gasteiger partial charge in [-0.15, -0.1) is 0 Å². The van der Waals surface area contributed by atoms with E-state index in [1.807, 2.05) is 32.0 Å². The van der Waals surface area contributed by atoms with E-state index in [1.54, 1.807) is 23.1 Å². The second-order valence-corrected chi connectivity index (χ2v) is 12.1. The molecular weight excluding hydrogens is 502 g/mol. The molecule has 10 heteroatoms. The largest absolute Gasteiger partial charge is 0.471 e. The minimum atomic E-state index is -4.07. The number of amides is 1. The number of nitrogens with zero attached hydrogens (tertiary/aromatic N) is 3. The van der Waals surface area contributed by atoms with E-state index in [4.69, 9.17) is 4.74 Å². The van der Waals surface area contributed by atoms with Crippen molar-refractivity contribution in [1.82, 2.24) is 20.2 Å². The number of anilines is 1. The molecule has 0 saturated carbocycles. The molecule has 5 rings (SSSR count). The lowest BCUT2D eigenvalue weighted by atomic mass is 9.98. The third-order valence-corrected chi connectivity index (χ3v) is 8.30. The summed E-state index contributed by atoms with van der Waals surface area (Å²) in [5.41, 5.74) is 3.75. The minimum Gasteiger partial charge on any atom is -0.471 e. The van der Waals surface area contributed by atoms with Crippen LogP contribution in [-0.4, -0.2) is 61.0 Å². The summed E-state index contributed by atoms with van der Waals surface area (Å²) >= 11 is 0. The van der Waals surface area contributed by atoms with Crippen molar-refractivity contribution in [3.63, 3.8) is 0 Å². The van der Waals surface area contributed by atoms with Crippen molar-refractivity contribution in [2.75, 3.05) is 24.4 Å². The molecule has 9 nitrogen and oxygen atoms in total. The lowest BCUT2D eigenvalue weighted by Crippen LogP contribution is -2.46. The molecule has 2 atom stereocenters. The number of aromatic nitrogens is 2. The molecule has 3 heterocycles. The fourth-order valence-electron chi connectivity index (χ4n) is 5.19. The maximum Gasteiger partial charge on any atom is 0.264 e. The predicted molar refractivity (Wildman–Crippen MR) is 146 cm³/mol. The number of sulfonamides is 1. The van der Waals surface area contributed by atoms with Gasteiger partial charge in [-0.2, -0.15) is 4.98 Å². The molecule has 1 saturated heterocycles. The number of hydrogen-bond acceptors (Lipinski definition) is 7. The molecular formula is C28H33N5O4S. The highest BCUT2D eigenvalue weighted by molar-refractivity contribution is 7.92. The van der Waals surface area contributed by atoms with Crippen molar-refractivity contribution in [3.05, 3.63) is 65.2 Å². The van der Waals surface area contributed by atoms with E-state index in [9.17, 15) is 13.2 Å². The Hall–Kier alpha value is -3.50. The van der Waals surface area contributed by atoms with Gasteiger partial charge in [-0.1, -0.05) is 38.1 Å². The lowest BCUT2D eigenvalue weighted by Gasteiger charge is -2.30. The van der Waals surface area contributed by atoms with Crippen LogP contribution in [0.5, 0.6) is 5.88 Å². The van der Waals surface area contributed by atoms with Gasteiger partial charge in [0.1, 0.15) is 6.10 Å².